The number of thiophene rings is 1. The molecule has 0 bridgehead atoms. The second-order valence-electron chi connectivity index (χ2n) is 7.78. The molecule has 0 radical (unpaired) electrons. The second-order valence-corrected chi connectivity index (χ2v) is 8.72. The summed E-state index contributed by atoms with van der Waals surface area (Å²) in [6.07, 6.45) is 3.82. The maximum absolute atomic E-state index is 13.1. The summed E-state index contributed by atoms with van der Waals surface area (Å²) in [6, 6.07) is 12.9. The van der Waals surface area contributed by atoms with Crippen molar-refractivity contribution in [2.45, 2.75) is 19.4 Å². The van der Waals surface area contributed by atoms with Crippen LogP contribution in [0.2, 0.25) is 0 Å². The third-order valence-electron chi connectivity index (χ3n) is 5.12. The van der Waals surface area contributed by atoms with E-state index in [2.05, 4.69) is 5.32 Å². The van der Waals surface area contributed by atoms with Crippen molar-refractivity contribution in [1.29, 1.82) is 0 Å². The highest BCUT2D eigenvalue weighted by atomic mass is 32.1. The Morgan fingerprint density at radius 3 is 2.63 bits per heavy atom. The summed E-state index contributed by atoms with van der Waals surface area (Å²) in [5, 5.41) is 4.81. The normalized spacial score (nSPS) is 13.1. The summed E-state index contributed by atoms with van der Waals surface area (Å²) in [5.41, 5.74) is 2.68. The molecule has 6 nitrogen and oxygen atoms in total. The molecule has 1 aliphatic carbocycles. The van der Waals surface area contributed by atoms with Gasteiger partial charge < -0.3 is 19.5 Å². The number of furan rings is 1. The summed E-state index contributed by atoms with van der Waals surface area (Å²) >= 11 is 1.47. The van der Waals surface area contributed by atoms with Crippen molar-refractivity contribution in [1.82, 2.24) is 4.90 Å². The van der Waals surface area contributed by atoms with E-state index in [0.29, 0.717) is 18.2 Å². The number of amides is 2. The van der Waals surface area contributed by atoms with Crippen molar-refractivity contribution in [2.75, 3.05) is 30.9 Å². The molecule has 2 heterocycles. The summed E-state index contributed by atoms with van der Waals surface area (Å²) in [6.45, 7) is 1.25. The van der Waals surface area contributed by atoms with Gasteiger partial charge in [0, 0.05) is 38.6 Å². The van der Waals surface area contributed by atoms with Gasteiger partial charge >= 0.3 is 0 Å². The zero-order valence-electron chi connectivity index (χ0n) is 17.1. The van der Waals surface area contributed by atoms with Gasteiger partial charge in [0.05, 0.1) is 11.1 Å². The smallest absolute Gasteiger partial charge is 0.291 e. The first kappa shape index (κ1) is 20.2. The Morgan fingerprint density at radius 2 is 2.00 bits per heavy atom. The van der Waals surface area contributed by atoms with Gasteiger partial charge in [-0.3, -0.25) is 9.59 Å². The zero-order chi connectivity index (χ0) is 21.1. The molecule has 1 aromatic carbocycles. The van der Waals surface area contributed by atoms with Crippen molar-refractivity contribution in [3.05, 3.63) is 70.3 Å². The quantitative estimate of drug-likeness (QED) is 0.570. The minimum atomic E-state index is -0.298. The molecule has 0 spiro atoms. The number of hydrogen-bond donors (Lipinski definition) is 1. The van der Waals surface area contributed by atoms with Crippen molar-refractivity contribution < 1.29 is 14.0 Å². The van der Waals surface area contributed by atoms with Crippen LogP contribution in [0.4, 0.5) is 11.4 Å². The average Bonchev–Trinajstić information content (AvgIpc) is 3.18. The zero-order valence-corrected chi connectivity index (χ0v) is 17.9. The van der Waals surface area contributed by atoms with Gasteiger partial charge in [0.1, 0.15) is 0 Å². The first-order valence-electron chi connectivity index (χ1n) is 9.99. The molecule has 1 aliphatic rings. The topological polar surface area (TPSA) is 65.8 Å². The van der Waals surface area contributed by atoms with E-state index in [1.54, 1.807) is 12.1 Å². The number of carbonyl (C=O) groups is 2. The summed E-state index contributed by atoms with van der Waals surface area (Å²) < 4.78 is 5.18. The molecule has 0 saturated heterocycles. The SMILES string of the molecule is CN(C)c1ccc(NC(=O)c2ccco2)cc1CN(CC1CC1)C(=O)c1cccs1. The minimum Gasteiger partial charge on any atom is -0.459 e. The number of rotatable bonds is 8. The number of benzene rings is 1. The van der Waals surface area contributed by atoms with Crippen LogP contribution in [0.3, 0.4) is 0 Å². The molecule has 4 rings (SSSR count). The molecule has 156 valence electrons. The van der Waals surface area contributed by atoms with Crippen LogP contribution in [0.25, 0.3) is 0 Å². The van der Waals surface area contributed by atoms with Crippen molar-refractivity contribution in [2.24, 2.45) is 5.92 Å². The van der Waals surface area contributed by atoms with E-state index in [1.165, 1.54) is 30.4 Å². The molecule has 0 atom stereocenters. The third-order valence-corrected chi connectivity index (χ3v) is 5.98. The van der Waals surface area contributed by atoms with Gasteiger partial charge in [0.2, 0.25) is 0 Å². The summed E-state index contributed by atoms with van der Waals surface area (Å²) in [4.78, 5) is 30.2. The number of anilines is 2. The lowest BCUT2D eigenvalue weighted by Crippen LogP contribution is -2.32. The molecular weight excluding hydrogens is 398 g/mol. The molecule has 2 aromatic heterocycles. The van der Waals surface area contributed by atoms with E-state index in [1.807, 2.05) is 59.6 Å². The van der Waals surface area contributed by atoms with Crippen LogP contribution in [-0.4, -0.2) is 37.4 Å². The Morgan fingerprint density at radius 1 is 1.17 bits per heavy atom. The van der Waals surface area contributed by atoms with Gasteiger partial charge in [0.15, 0.2) is 5.76 Å². The van der Waals surface area contributed by atoms with Gasteiger partial charge in [-0.25, -0.2) is 0 Å². The highest BCUT2D eigenvalue weighted by molar-refractivity contribution is 7.12. The summed E-state index contributed by atoms with van der Waals surface area (Å²) in [7, 11) is 3.96. The maximum Gasteiger partial charge on any atom is 0.291 e. The predicted octanol–water partition coefficient (Wildman–Crippen LogP) is 4.71. The van der Waals surface area contributed by atoms with E-state index < -0.39 is 0 Å². The van der Waals surface area contributed by atoms with Gasteiger partial charge in [-0.15, -0.1) is 11.3 Å². The standard InChI is InChI=1S/C23H25N3O3S/c1-25(2)19-10-9-18(24-22(27)20-5-3-11-29-20)13-17(19)15-26(14-16-7-8-16)23(28)21-6-4-12-30-21/h3-6,9-13,16H,7-8,14-15H2,1-2H3,(H,24,27). The van der Waals surface area contributed by atoms with Gasteiger partial charge in [0.25, 0.3) is 11.8 Å². The van der Waals surface area contributed by atoms with Crippen LogP contribution in [-0.2, 0) is 6.54 Å². The molecular formula is C23H25N3O3S. The lowest BCUT2D eigenvalue weighted by molar-refractivity contribution is 0.0740. The molecule has 7 heteroatoms. The Hall–Kier alpha value is -3.06. The maximum atomic E-state index is 13.1. The van der Waals surface area contributed by atoms with E-state index in [-0.39, 0.29) is 17.6 Å². The molecule has 30 heavy (non-hydrogen) atoms. The molecule has 3 aromatic rings. The van der Waals surface area contributed by atoms with Gasteiger partial charge in [-0.1, -0.05) is 6.07 Å². The van der Waals surface area contributed by atoms with Crippen LogP contribution in [0.15, 0.2) is 58.5 Å². The Bertz CT molecular complexity index is 1010. The van der Waals surface area contributed by atoms with Crippen molar-refractivity contribution in [3.8, 4) is 0 Å². The van der Waals surface area contributed by atoms with E-state index >= 15 is 0 Å². The molecule has 1 fully saturated rings. The van der Waals surface area contributed by atoms with Gasteiger partial charge in [-0.2, -0.15) is 0 Å². The number of carbonyl (C=O) groups excluding carboxylic acids is 2. The molecule has 1 N–H and O–H groups in total. The lowest BCUT2D eigenvalue weighted by atomic mass is 10.1. The molecule has 2 amide bonds. The summed E-state index contributed by atoms with van der Waals surface area (Å²) in [5.74, 6) is 0.606. The minimum absolute atomic E-state index is 0.0617. The largest absolute Gasteiger partial charge is 0.459 e. The Labute approximate surface area is 180 Å². The van der Waals surface area contributed by atoms with Crippen LogP contribution in [0.5, 0.6) is 0 Å². The number of hydrogen-bond acceptors (Lipinski definition) is 5. The van der Waals surface area contributed by atoms with E-state index in [0.717, 1.165) is 22.7 Å². The molecule has 1 saturated carbocycles. The number of nitrogens with zero attached hydrogens (tertiary/aromatic N) is 2. The average molecular weight is 424 g/mol. The highest BCUT2D eigenvalue weighted by Crippen LogP contribution is 2.32. The molecule has 0 unspecified atom stereocenters. The van der Waals surface area contributed by atoms with E-state index in [4.69, 9.17) is 4.42 Å². The van der Waals surface area contributed by atoms with Crippen LogP contribution >= 0.6 is 11.3 Å². The first-order valence-corrected chi connectivity index (χ1v) is 10.9. The third kappa shape index (κ3) is 4.74. The van der Waals surface area contributed by atoms with Crippen molar-refractivity contribution >= 4 is 34.5 Å². The number of nitrogens with one attached hydrogen (secondary N) is 1. The fourth-order valence-corrected chi connectivity index (χ4v) is 4.11. The fraction of sp³-hybridized carbons (Fsp3) is 0.304. The fourth-order valence-electron chi connectivity index (χ4n) is 3.42. The van der Waals surface area contributed by atoms with Crippen LogP contribution < -0.4 is 10.2 Å². The van der Waals surface area contributed by atoms with E-state index in [9.17, 15) is 9.59 Å². The van der Waals surface area contributed by atoms with Crippen molar-refractivity contribution in [3.63, 3.8) is 0 Å². The van der Waals surface area contributed by atoms with Gasteiger partial charge in [-0.05, 0) is 66.1 Å². The monoisotopic (exact) mass is 423 g/mol. The highest BCUT2D eigenvalue weighted by Gasteiger charge is 2.28. The lowest BCUT2D eigenvalue weighted by Gasteiger charge is -2.26. The second kappa shape index (κ2) is 8.75. The van der Waals surface area contributed by atoms with Crippen LogP contribution in [0, 0.1) is 5.92 Å². The Balaban J connectivity index is 1.59. The predicted molar refractivity (Wildman–Crippen MR) is 119 cm³/mol. The Kier molecular flexibility index (Phi) is 5.90. The molecule has 0 aliphatic heterocycles. The first-order chi connectivity index (χ1) is 14.5. The van der Waals surface area contributed by atoms with Crippen LogP contribution in [0.1, 0.15) is 38.6 Å².